The highest BCUT2D eigenvalue weighted by Gasteiger charge is 2.11. The number of amides is 1. The number of unbranched alkanes of at least 4 members (excludes halogenated alkanes) is 2. The van der Waals surface area contributed by atoms with E-state index in [1.54, 1.807) is 29.7 Å². The molecule has 0 aliphatic carbocycles. The van der Waals surface area contributed by atoms with Crippen LogP contribution in [0.3, 0.4) is 0 Å². The van der Waals surface area contributed by atoms with Gasteiger partial charge in [0.15, 0.2) is 0 Å². The maximum Gasteiger partial charge on any atom is 0.254 e. The van der Waals surface area contributed by atoms with Crippen molar-refractivity contribution in [3.8, 4) is 10.7 Å². The lowest BCUT2D eigenvalue weighted by molar-refractivity contribution is 0.0949. The maximum atomic E-state index is 12.2. The zero-order valence-electron chi connectivity index (χ0n) is 14.5. The Hall–Kier alpha value is -2.19. The summed E-state index contributed by atoms with van der Waals surface area (Å²) in [6, 6.07) is 7.53. The molecule has 1 amide bonds. The number of hydrogen-bond acceptors (Lipinski definition) is 7. The first-order valence-electron chi connectivity index (χ1n) is 8.41. The van der Waals surface area contributed by atoms with E-state index in [1.807, 2.05) is 23.8 Å². The van der Waals surface area contributed by atoms with Crippen LogP contribution in [0.1, 0.15) is 35.5 Å². The van der Waals surface area contributed by atoms with E-state index >= 15 is 0 Å². The molecule has 0 atom stereocenters. The lowest BCUT2D eigenvalue weighted by Gasteiger charge is -2.07. The number of pyridine rings is 1. The highest BCUT2D eigenvalue weighted by atomic mass is 32.2. The molecule has 0 aliphatic heterocycles. The van der Waals surface area contributed by atoms with E-state index in [4.69, 9.17) is 4.52 Å². The van der Waals surface area contributed by atoms with E-state index in [-0.39, 0.29) is 5.91 Å². The highest BCUT2D eigenvalue weighted by Crippen LogP contribution is 2.21. The van der Waals surface area contributed by atoms with Gasteiger partial charge in [0, 0.05) is 19.2 Å². The van der Waals surface area contributed by atoms with Crippen LogP contribution in [0.2, 0.25) is 0 Å². The highest BCUT2D eigenvalue weighted by molar-refractivity contribution is 7.98. The van der Waals surface area contributed by atoms with Gasteiger partial charge < -0.3 is 9.84 Å². The van der Waals surface area contributed by atoms with E-state index in [0.717, 1.165) is 35.6 Å². The fourth-order valence-corrected chi connectivity index (χ4v) is 3.66. The monoisotopic (exact) mass is 388 g/mol. The molecule has 0 saturated carbocycles. The van der Waals surface area contributed by atoms with Gasteiger partial charge in [0.25, 0.3) is 5.91 Å². The van der Waals surface area contributed by atoms with Crippen LogP contribution in [0.25, 0.3) is 10.7 Å². The summed E-state index contributed by atoms with van der Waals surface area (Å²) in [6.07, 6.45) is 7.22. The van der Waals surface area contributed by atoms with Gasteiger partial charge in [-0.2, -0.15) is 4.98 Å². The van der Waals surface area contributed by atoms with E-state index in [1.165, 1.54) is 11.8 Å². The molecule has 3 rings (SSSR count). The first-order valence-corrected chi connectivity index (χ1v) is 10.5. The number of thiophene rings is 1. The fourth-order valence-electron chi connectivity index (χ4n) is 2.46. The lowest BCUT2D eigenvalue weighted by atomic mass is 10.2. The Bertz CT molecular complexity index is 833. The van der Waals surface area contributed by atoms with E-state index in [9.17, 15) is 4.79 Å². The summed E-state index contributed by atoms with van der Waals surface area (Å²) in [5.41, 5.74) is 0.631. The molecule has 0 bridgehead atoms. The number of aromatic nitrogens is 3. The molecule has 0 unspecified atom stereocenters. The minimum Gasteiger partial charge on any atom is -0.352 e. The van der Waals surface area contributed by atoms with Crippen LogP contribution in [0.15, 0.2) is 45.4 Å². The maximum absolute atomic E-state index is 12.2. The SMILES string of the molecule is CSc1ncccc1C(=O)NCCCCCc1nc(-c2cccs2)no1. The predicted octanol–water partition coefficient (Wildman–Crippen LogP) is 4.06. The minimum atomic E-state index is -0.0695. The number of rotatable bonds is 9. The van der Waals surface area contributed by atoms with Gasteiger partial charge in [-0.15, -0.1) is 23.1 Å². The summed E-state index contributed by atoms with van der Waals surface area (Å²) in [7, 11) is 0. The molecular formula is C18H20N4O2S2. The van der Waals surface area contributed by atoms with E-state index in [2.05, 4.69) is 20.4 Å². The molecule has 0 saturated heterocycles. The van der Waals surface area contributed by atoms with Gasteiger partial charge in [-0.1, -0.05) is 17.6 Å². The van der Waals surface area contributed by atoms with Crippen LogP contribution in [0.4, 0.5) is 0 Å². The van der Waals surface area contributed by atoms with Gasteiger partial charge in [0.05, 0.1) is 10.4 Å². The molecule has 0 radical (unpaired) electrons. The largest absolute Gasteiger partial charge is 0.352 e. The average molecular weight is 389 g/mol. The van der Waals surface area contributed by atoms with Crippen molar-refractivity contribution in [2.75, 3.05) is 12.8 Å². The minimum absolute atomic E-state index is 0.0695. The zero-order valence-corrected chi connectivity index (χ0v) is 16.1. The molecule has 136 valence electrons. The van der Waals surface area contributed by atoms with Crippen molar-refractivity contribution in [1.82, 2.24) is 20.4 Å². The van der Waals surface area contributed by atoms with Crippen molar-refractivity contribution in [3.05, 3.63) is 47.3 Å². The van der Waals surface area contributed by atoms with Crippen LogP contribution in [0, 0.1) is 0 Å². The molecule has 8 heteroatoms. The van der Waals surface area contributed by atoms with Gasteiger partial charge in [0.2, 0.25) is 11.7 Å². The van der Waals surface area contributed by atoms with Crippen LogP contribution < -0.4 is 5.32 Å². The van der Waals surface area contributed by atoms with E-state index < -0.39 is 0 Å². The number of thioether (sulfide) groups is 1. The van der Waals surface area contributed by atoms with Crippen LogP contribution in [-0.2, 0) is 6.42 Å². The molecular weight excluding hydrogens is 368 g/mol. The van der Waals surface area contributed by atoms with Crippen molar-refractivity contribution < 1.29 is 9.32 Å². The van der Waals surface area contributed by atoms with Crippen LogP contribution in [-0.4, -0.2) is 33.8 Å². The van der Waals surface area contributed by atoms with Crippen molar-refractivity contribution in [2.45, 2.75) is 30.7 Å². The van der Waals surface area contributed by atoms with Gasteiger partial charge in [-0.05, 0) is 42.7 Å². The zero-order chi connectivity index (χ0) is 18.2. The Labute approximate surface area is 160 Å². The van der Waals surface area contributed by atoms with Gasteiger partial charge in [-0.3, -0.25) is 4.79 Å². The summed E-state index contributed by atoms with van der Waals surface area (Å²) in [5, 5.41) is 9.70. The number of carbonyl (C=O) groups excluding carboxylic acids is 1. The normalized spacial score (nSPS) is 10.8. The Kier molecular flexibility index (Phi) is 6.79. The quantitative estimate of drug-likeness (QED) is 0.440. The van der Waals surface area contributed by atoms with Crippen LogP contribution in [0.5, 0.6) is 0 Å². The molecule has 0 spiro atoms. The van der Waals surface area contributed by atoms with Crippen molar-refractivity contribution in [3.63, 3.8) is 0 Å². The third kappa shape index (κ3) is 4.92. The summed E-state index contributed by atoms with van der Waals surface area (Å²) >= 11 is 3.07. The average Bonchev–Trinajstić information content (AvgIpc) is 3.35. The first-order chi connectivity index (χ1) is 12.8. The number of aryl methyl sites for hydroxylation is 1. The summed E-state index contributed by atoms with van der Waals surface area (Å²) < 4.78 is 5.28. The molecule has 6 nitrogen and oxygen atoms in total. The number of nitrogens with one attached hydrogen (secondary N) is 1. The summed E-state index contributed by atoms with van der Waals surface area (Å²) in [6.45, 7) is 0.645. The molecule has 0 aliphatic rings. The van der Waals surface area contributed by atoms with Gasteiger partial charge >= 0.3 is 0 Å². The molecule has 3 heterocycles. The standard InChI is InChI=1S/C18H20N4O2S2/c1-25-18-13(7-5-11-20-18)17(23)19-10-4-2-3-9-15-21-16(22-24-15)14-8-6-12-26-14/h5-8,11-12H,2-4,9-10H2,1H3,(H,19,23). The van der Waals surface area contributed by atoms with Gasteiger partial charge in [-0.25, -0.2) is 4.98 Å². The Balaban J connectivity index is 1.35. The fraction of sp³-hybridized carbons (Fsp3) is 0.333. The Morgan fingerprint density at radius 2 is 2.19 bits per heavy atom. The Morgan fingerprint density at radius 1 is 1.27 bits per heavy atom. The second-order valence-electron chi connectivity index (χ2n) is 5.62. The van der Waals surface area contributed by atoms with Crippen molar-refractivity contribution in [1.29, 1.82) is 0 Å². The smallest absolute Gasteiger partial charge is 0.254 e. The van der Waals surface area contributed by atoms with E-state index in [0.29, 0.717) is 23.8 Å². The third-order valence-electron chi connectivity index (χ3n) is 3.77. The molecule has 3 aromatic heterocycles. The van der Waals surface area contributed by atoms with Crippen molar-refractivity contribution in [2.24, 2.45) is 0 Å². The topological polar surface area (TPSA) is 80.9 Å². The first kappa shape index (κ1) is 18.6. The van der Waals surface area contributed by atoms with Crippen molar-refractivity contribution >= 4 is 29.0 Å². The number of nitrogens with zero attached hydrogens (tertiary/aromatic N) is 3. The molecule has 1 N–H and O–H groups in total. The second kappa shape index (κ2) is 9.49. The molecule has 0 aromatic carbocycles. The van der Waals surface area contributed by atoms with Gasteiger partial charge in [0.1, 0.15) is 5.03 Å². The molecule has 0 fully saturated rings. The predicted molar refractivity (Wildman–Crippen MR) is 104 cm³/mol. The van der Waals surface area contributed by atoms with Crippen LogP contribution >= 0.6 is 23.1 Å². The lowest BCUT2D eigenvalue weighted by Crippen LogP contribution is -2.25. The second-order valence-corrected chi connectivity index (χ2v) is 7.36. The summed E-state index contributed by atoms with van der Waals surface area (Å²) in [5.74, 6) is 1.25. The number of carbonyl (C=O) groups is 1. The molecule has 3 aromatic rings. The number of hydrogen-bond donors (Lipinski definition) is 1. The Morgan fingerprint density at radius 3 is 3.00 bits per heavy atom. The molecule has 26 heavy (non-hydrogen) atoms. The summed E-state index contributed by atoms with van der Waals surface area (Å²) in [4.78, 5) is 21.8. The third-order valence-corrected chi connectivity index (χ3v) is 5.35.